The van der Waals surface area contributed by atoms with Gasteiger partial charge in [0.2, 0.25) is 0 Å². The molecule has 0 bridgehead atoms. The van der Waals surface area contributed by atoms with Gasteiger partial charge in [-0.15, -0.1) is 0 Å². The Bertz CT molecular complexity index is 944. The summed E-state index contributed by atoms with van der Waals surface area (Å²) in [6.07, 6.45) is 1.50. The van der Waals surface area contributed by atoms with Gasteiger partial charge in [0.05, 0.1) is 18.5 Å². The van der Waals surface area contributed by atoms with Gasteiger partial charge in [-0.25, -0.2) is 5.43 Å². The van der Waals surface area contributed by atoms with Crippen molar-refractivity contribution in [3.8, 4) is 22.8 Å². The molecule has 1 aromatic heterocycles. The number of ether oxygens (including phenoxy) is 1. The molecule has 0 saturated carbocycles. The van der Waals surface area contributed by atoms with Crippen LogP contribution >= 0.6 is 0 Å². The standard InChI is InChI=1S/C20H20N4O3/c1-3-27-17-10-6-15(7-11-17)18-13(2)19(23-22-18)20(26)24-21-12-14-4-8-16(25)9-5-14/h4-12,25H,3H2,1-2H3,(H,22,23)(H,24,26). The molecule has 2 aromatic carbocycles. The molecule has 0 spiro atoms. The number of rotatable bonds is 6. The van der Waals surface area contributed by atoms with Gasteiger partial charge in [0.1, 0.15) is 17.2 Å². The highest BCUT2D eigenvalue weighted by molar-refractivity contribution is 5.96. The van der Waals surface area contributed by atoms with Crippen LogP contribution in [0.1, 0.15) is 28.5 Å². The maximum absolute atomic E-state index is 12.3. The van der Waals surface area contributed by atoms with Gasteiger partial charge in [-0.3, -0.25) is 9.89 Å². The monoisotopic (exact) mass is 364 g/mol. The molecule has 0 fully saturated rings. The third kappa shape index (κ3) is 4.33. The third-order valence-electron chi connectivity index (χ3n) is 3.95. The number of aromatic hydroxyl groups is 1. The fourth-order valence-electron chi connectivity index (χ4n) is 2.56. The fraction of sp³-hybridized carbons (Fsp3) is 0.150. The van der Waals surface area contributed by atoms with Crippen LogP contribution in [0, 0.1) is 6.92 Å². The molecule has 0 radical (unpaired) electrons. The van der Waals surface area contributed by atoms with Crippen molar-refractivity contribution in [2.45, 2.75) is 13.8 Å². The first-order valence-electron chi connectivity index (χ1n) is 8.49. The molecule has 0 unspecified atom stereocenters. The number of nitrogens with one attached hydrogen (secondary N) is 2. The number of phenolic OH excluding ortho intramolecular Hbond substituents is 1. The Kier molecular flexibility index (Phi) is 5.51. The molecule has 0 atom stereocenters. The lowest BCUT2D eigenvalue weighted by atomic mass is 10.1. The van der Waals surface area contributed by atoms with Gasteiger partial charge in [0.25, 0.3) is 5.91 Å². The molecule has 138 valence electrons. The second kappa shape index (κ2) is 8.18. The van der Waals surface area contributed by atoms with Gasteiger partial charge in [-0.05, 0) is 67.9 Å². The van der Waals surface area contributed by atoms with E-state index in [1.54, 1.807) is 24.3 Å². The normalized spacial score (nSPS) is 10.9. The zero-order valence-electron chi connectivity index (χ0n) is 15.1. The molecule has 0 aliphatic rings. The van der Waals surface area contributed by atoms with E-state index in [9.17, 15) is 9.90 Å². The van der Waals surface area contributed by atoms with Gasteiger partial charge in [0, 0.05) is 11.1 Å². The number of aromatic amines is 1. The van der Waals surface area contributed by atoms with Crippen LogP contribution in [-0.2, 0) is 0 Å². The minimum absolute atomic E-state index is 0.172. The van der Waals surface area contributed by atoms with Crippen molar-refractivity contribution in [3.63, 3.8) is 0 Å². The van der Waals surface area contributed by atoms with Crippen molar-refractivity contribution in [1.82, 2.24) is 15.6 Å². The number of benzene rings is 2. The Balaban J connectivity index is 1.70. The number of hydrogen-bond donors (Lipinski definition) is 3. The van der Waals surface area contributed by atoms with Crippen molar-refractivity contribution in [1.29, 1.82) is 0 Å². The molecule has 1 heterocycles. The number of phenols is 1. The summed E-state index contributed by atoms with van der Waals surface area (Å²) in [5, 5.41) is 20.2. The summed E-state index contributed by atoms with van der Waals surface area (Å²) in [7, 11) is 0. The number of nitrogens with zero attached hydrogens (tertiary/aromatic N) is 2. The summed E-state index contributed by atoms with van der Waals surface area (Å²) < 4.78 is 5.44. The first-order valence-corrected chi connectivity index (χ1v) is 8.49. The summed E-state index contributed by atoms with van der Waals surface area (Å²) in [4.78, 5) is 12.3. The summed E-state index contributed by atoms with van der Waals surface area (Å²) in [5.74, 6) is 0.578. The van der Waals surface area contributed by atoms with Crippen molar-refractivity contribution in [3.05, 3.63) is 65.4 Å². The fourth-order valence-corrected chi connectivity index (χ4v) is 2.56. The van der Waals surface area contributed by atoms with E-state index in [-0.39, 0.29) is 11.7 Å². The molecular formula is C20H20N4O3. The summed E-state index contributed by atoms with van der Waals surface area (Å²) in [6.45, 7) is 4.37. The smallest absolute Gasteiger partial charge is 0.289 e. The molecule has 7 heteroatoms. The van der Waals surface area contributed by atoms with Crippen molar-refractivity contribution in [2.24, 2.45) is 5.10 Å². The highest BCUT2D eigenvalue weighted by Gasteiger charge is 2.16. The SMILES string of the molecule is CCOc1ccc(-c2n[nH]c(C(=O)NN=Cc3ccc(O)cc3)c2C)cc1. The second-order valence-corrected chi connectivity index (χ2v) is 5.82. The zero-order valence-corrected chi connectivity index (χ0v) is 15.1. The van der Waals surface area contributed by atoms with Gasteiger partial charge < -0.3 is 9.84 Å². The maximum Gasteiger partial charge on any atom is 0.289 e. The van der Waals surface area contributed by atoms with Crippen LogP contribution in [0.4, 0.5) is 0 Å². The molecule has 1 amide bonds. The lowest BCUT2D eigenvalue weighted by Crippen LogP contribution is -2.19. The van der Waals surface area contributed by atoms with Crippen LogP contribution in [0.2, 0.25) is 0 Å². The summed E-state index contributed by atoms with van der Waals surface area (Å²) >= 11 is 0. The number of aromatic nitrogens is 2. The Hall–Kier alpha value is -3.61. The van der Waals surface area contributed by atoms with E-state index in [1.165, 1.54) is 6.21 Å². The lowest BCUT2D eigenvalue weighted by Gasteiger charge is -2.04. The number of hydrazone groups is 1. The van der Waals surface area contributed by atoms with E-state index in [0.29, 0.717) is 18.0 Å². The van der Waals surface area contributed by atoms with Crippen molar-refractivity contribution < 1.29 is 14.6 Å². The number of carbonyl (C=O) groups is 1. The molecule has 0 aliphatic carbocycles. The molecule has 3 aromatic rings. The highest BCUT2D eigenvalue weighted by atomic mass is 16.5. The van der Waals surface area contributed by atoms with Gasteiger partial charge in [-0.1, -0.05) is 0 Å². The van der Waals surface area contributed by atoms with Crippen LogP contribution in [0.15, 0.2) is 53.6 Å². The topological polar surface area (TPSA) is 99.6 Å². The lowest BCUT2D eigenvalue weighted by molar-refractivity contribution is 0.0949. The quantitative estimate of drug-likeness (QED) is 0.462. The second-order valence-electron chi connectivity index (χ2n) is 5.82. The van der Waals surface area contributed by atoms with E-state index in [0.717, 1.165) is 22.4 Å². The molecule has 3 rings (SSSR count). The van der Waals surface area contributed by atoms with Crippen LogP contribution < -0.4 is 10.2 Å². The minimum atomic E-state index is -0.382. The van der Waals surface area contributed by atoms with E-state index in [4.69, 9.17) is 4.74 Å². The third-order valence-corrected chi connectivity index (χ3v) is 3.95. The Labute approximate surface area is 156 Å². The molecule has 27 heavy (non-hydrogen) atoms. The van der Waals surface area contributed by atoms with E-state index < -0.39 is 0 Å². The predicted molar refractivity (Wildman–Crippen MR) is 103 cm³/mol. The van der Waals surface area contributed by atoms with Crippen LogP contribution in [0.5, 0.6) is 11.5 Å². The maximum atomic E-state index is 12.3. The first kappa shape index (κ1) is 18.2. The Morgan fingerprint density at radius 1 is 1.22 bits per heavy atom. The zero-order chi connectivity index (χ0) is 19.2. The summed E-state index contributed by atoms with van der Waals surface area (Å²) in [5.41, 5.74) is 5.89. The molecule has 3 N–H and O–H groups in total. The minimum Gasteiger partial charge on any atom is -0.508 e. The van der Waals surface area contributed by atoms with Crippen LogP contribution in [0.25, 0.3) is 11.3 Å². The molecular weight excluding hydrogens is 344 g/mol. The van der Waals surface area contributed by atoms with Crippen LogP contribution in [0.3, 0.4) is 0 Å². The van der Waals surface area contributed by atoms with E-state index in [1.807, 2.05) is 38.1 Å². The Morgan fingerprint density at radius 2 is 1.93 bits per heavy atom. The summed E-state index contributed by atoms with van der Waals surface area (Å²) in [6, 6.07) is 14.0. The predicted octanol–water partition coefficient (Wildman–Crippen LogP) is 3.25. The highest BCUT2D eigenvalue weighted by Crippen LogP contribution is 2.25. The average Bonchev–Trinajstić information content (AvgIpc) is 3.06. The number of carbonyl (C=O) groups excluding carboxylic acids is 1. The number of hydrogen-bond acceptors (Lipinski definition) is 5. The average molecular weight is 364 g/mol. The van der Waals surface area contributed by atoms with Gasteiger partial charge in [0.15, 0.2) is 0 Å². The molecule has 0 aliphatic heterocycles. The number of H-pyrrole nitrogens is 1. The largest absolute Gasteiger partial charge is 0.508 e. The van der Waals surface area contributed by atoms with Gasteiger partial charge in [-0.2, -0.15) is 10.2 Å². The van der Waals surface area contributed by atoms with Crippen LogP contribution in [-0.4, -0.2) is 34.0 Å². The molecule has 7 nitrogen and oxygen atoms in total. The van der Waals surface area contributed by atoms with E-state index >= 15 is 0 Å². The van der Waals surface area contributed by atoms with E-state index in [2.05, 4.69) is 20.7 Å². The van der Waals surface area contributed by atoms with Crippen molar-refractivity contribution >= 4 is 12.1 Å². The number of amides is 1. The molecule has 0 saturated heterocycles. The first-order chi connectivity index (χ1) is 13.1. The Morgan fingerprint density at radius 3 is 2.59 bits per heavy atom. The van der Waals surface area contributed by atoms with Crippen molar-refractivity contribution in [2.75, 3.05) is 6.61 Å². The van der Waals surface area contributed by atoms with Gasteiger partial charge >= 0.3 is 0 Å².